The molecule has 0 heterocycles. The van der Waals surface area contributed by atoms with Crippen LogP contribution in [-0.4, -0.2) is 7.05 Å². The highest BCUT2D eigenvalue weighted by Crippen LogP contribution is 2.38. The van der Waals surface area contributed by atoms with E-state index in [1.807, 2.05) is 0 Å². The number of nitrogens with one attached hydrogen (secondary N) is 1. The van der Waals surface area contributed by atoms with Crippen molar-refractivity contribution in [3.05, 3.63) is 33.8 Å². The van der Waals surface area contributed by atoms with Crippen LogP contribution in [0.1, 0.15) is 55.3 Å². The van der Waals surface area contributed by atoms with Crippen molar-refractivity contribution in [3.63, 3.8) is 0 Å². The van der Waals surface area contributed by atoms with Crippen LogP contribution in [0, 0.1) is 25.7 Å². The molecule has 1 saturated carbocycles. The molecule has 0 spiro atoms. The molecule has 1 fully saturated rings. The van der Waals surface area contributed by atoms with Gasteiger partial charge in [0.2, 0.25) is 0 Å². The first-order chi connectivity index (χ1) is 9.02. The standard InChI is InChI=1S/C17H26ClN/c1-11-5-7-14(8-6-11)17(19-4)15-9-13(3)16(18)10-12(15)2/h9-11,14,17,19H,5-8H2,1-4H3. The van der Waals surface area contributed by atoms with Crippen LogP contribution in [0.5, 0.6) is 0 Å². The molecule has 1 aromatic carbocycles. The van der Waals surface area contributed by atoms with E-state index in [2.05, 4.69) is 45.3 Å². The number of halogens is 1. The van der Waals surface area contributed by atoms with E-state index in [1.165, 1.54) is 42.4 Å². The van der Waals surface area contributed by atoms with Gasteiger partial charge in [0.25, 0.3) is 0 Å². The summed E-state index contributed by atoms with van der Waals surface area (Å²) in [5.41, 5.74) is 3.93. The monoisotopic (exact) mass is 279 g/mol. The molecule has 0 aromatic heterocycles. The fourth-order valence-electron chi connectivity index (χ4n) is 3.40. The van der Waals surface area contributed by atoms with Gasteiger partial charge < -0.3 is 5.32 Å². The molecule has 1 aliphatic carbocycles. The molecule has 1 nitrogen and oxygen atoms in total. The van der Waals surface area contributed by atoms with Crippen molar-refractivity contribution in [3.8, 4) is 0 Å². The van der Waals surface area contributed by atoms with Gasteiger partial charge in [0.15, 0.2) is 0 Å². The van der Waals surface area contributed by atoms with E-state index in [0.29, 0.717) is 6.04 Å². The van der Waals surface area contributed by atoms with Crippen LogP contribution in [0.15, 0.2) is 12.1 Å². The zero-order valence-electron chi connectivity index (χ0n) is 12.6. The molecule has 0 amide bonds. The molecule has 0 radical (unpaired) electrons. The third-order valence-corrected chi connectivity index (χ3v) is 5.13. The second kappa shape index (κ2) is 6.28. The number of hydrogen-bond acceptors (Lipinski definition) is 1. The number of aryl methyl sites for hydroxylation is 2. The van der Waals surface area contributed by atoms with Crippen molar-refractivity contribution < 1.29 is 0 Å². The molecule has 1 aliphatic rings. The van der Waals surface area contributed by atoms with E-state index in [-0.39, 0.29) is 0 Å². The summed E-state index contributed by atoms with van der Waals surface area (Å²) in [6.07, 6.45) is 5.42. The minimum Gasteiger partial charge on any atom is -0.313 e. The summed E-state index contributed by atoms with van der Waals surface area (Å²) < 4.78 is 0. The number of rotatable bonds is 3. The lowest BCUT2D eigenvalue weighted by Gasteiger charge is -2.34. The average Bonchev–Trinajstić information content (AvgIpc) is 2.38. The maximum Gasteiger partial charge on any atom is 0.0438 e. The zero-order chi connectivity index (χ0) is 14.0. The first kappa shape index (κ1) is 14.9. The summed E-state index contributed by atoms with van der Waals surface area (Å²) in [6.45, 7) is 6.65. The molecule has 2 heteroatoms. The molecule has 1 N–H and O–H groups in total. The van der Waals surface area contributed by atoms with Crippen molar-refractivity contribution in [2.24, 2.45) is 11.8 Å². The van der Waals surface area contributed by atoms with Crippen molar-refractivity contribution in [2.75, 3.05) is 7.05 Å². The topological polar surface area (TPSA) is 12.0 Å². The Morgan fingerprint density at radius 3 is 2.32 bits per heavy atom. The van der Waals surface area contributed by atoms with Crippen LogP contribution in [0.2, 0.25) is 5.02 Å². The fraction of sp³-hybridized carbons (Fsp3) is 0.647. The van der Waals surface area contributed by atoms with E-state index in [0.717, 1.165) is 16.9 Å². The lowest BCUT2D eigenvalue weighted by Crippen LogP contribution is -2.29. The van der Waals surface area contributed by atoms with Crippen molar-refractivity contribution in [1.29, 1.82) is 0 Å². The highest BCUT2D eigenvalue weighted by Gasteiger charge is 2.27. The van der Waals surface area contributed by atoms with Crippen molar-refractivity contribution in [1.82, 2.24) is 5.32 Å². The van der Waals surface area contributed by atoms with Crippen molar-refractivity contribution >= 4 is 11.6 Å². The van der Waals surface area contributed by atoms with Gasteiger partial charge in [0.1, 0.15) is 0 Å². The highest BCUT2D eigenvalue weighted by molar-refractivity contribution is 6.31. The summed E-state index contributed by atoms with van der Waals surface area (Å²) in [6, 6.07) is 4.86. The summed E-state index contributed by atoms with van der Waals surface area (Å²) in [5.74, 6) is 1.67. The predicted molar refractivity (Wildman–Crippen MR) is 83.8 cm³/mol. The smallest absolute Gasteiger partial charge is 0.0438 e. The van der Waals surface area contributed by atoms with Gasteiger partial charge in [-0.1, -0.05) is 37.4 Å². The van der Waals surface area contributed by atoms with Crippen LogP contribution < -0.4 is 5.32 Å². The SMILES string of the molecule is CNC(c1cc(C)c(Cl)cc1C)C1CCC(C)CC1. The molecule has 1 aromatic rings. The first-order valence-corrected chi connectivity index (χ1v) is 7.84. The van der Waals surface area contributed by atoms with Gasteiger partial charge >= 0.3 is 0 Å². The molecule has 106 valence electrons. The van der Waals surface area contributed by atoms with E-state index in [9.17, 15) is 0 Å². The minimum absolute atomic E-state index is 0.475. The van der Waals surface area contributed by atoms with Crippen LogP contribution >= 0.6 is 11.6 Å². The van der Waals surface area contributed by atoms with Gasteiger partial charge in [-0.2, -0.15) is 0 Å². The van der Waals surface area contributed by atoms with Crippen LogP contribution in [0.25, 0.3) is 0 Å². The summed E-state index contributed by atoms with van der Waals surface area (Å²) in [7, 11) is 2.09. The van der Waals surface area contributed by atoms with Crippen LogP contribution in [0.4, 0.5) is 0 Å². The second-order valence-electron chi connectivity index (χ2n) is 6.24. The minimum atomic E-state index is 0.475. The quantitative estimate of drug-likeness (QED) is 0.817. The number of hydrogen-bond donors (Lipinski definition) is 1. The molecule has 1 unspecified atom stereocenters. The molecular weight excluding hydrogens is 254 g/mol. The fourth-order valence-corrected chi connectivity index (χ4v) is 3.62. The number of benzene rings is 1. The Morgan fingerprint density at radius 2 is 1.74 bits per heavy atom. The Hall–Kier alpha value is -0.530. The first-order valence-electron chi connectivity index (χ1n) is 7.46. The Balaban J connectivity index is 2.24. The molecule has 0 saturated heterocycles. The second-order valence-corrected chi connectivity index (χ2v) is 6.65. The van der Waals surface area contributed by atoms with Gasteiger partial charge in [-0.25, -0.2) is 0 Å². The molecule has 0 aliphatic heterocycles. The summed E-state index contributed by atoms with van der Waals surface area (Å²) in [5, 5.41) is 4.43. The van der Waals surface area contributed by atoms with Gasteiger partial charge in [-0.05, 0) is 68.3 Å². The highest BCUT2D eigenvalue weighted by atomic mass is 35.5. The average molecular weight is 280 g/mol. The van der Waals surface area contributed by atoms with Crippen molar-refractivity contribution in [2.45, 2.75) is 52.5 Å². The molecule has 1 atom stereocenters. The van der Waals surface area contributed by atoms with Gasteiger partial charge in [-0.3, -0.25) is 0 Å². The molecular formula is C17H26ClN. The lowest BCUT2D eigenvalue weighted by molar-refractivity contribution is 0.237. The molecule has 0 bridgehead atoms. The molecule has 19 heavy (non-hydrogen) atoms. The lowest BCUT2D eigenvalue weighted by atomic mass is 9.76. The Bertz CT molecular complexity index is 433. The van der Waals surface area contributed by atoms with Gasteiger partial charge in [0, 0.05) is 11.1 Å². The van der Waals surface area contributed by atoms with E-state index in [4.69, 9.17) is 11.6 Å². The molecule has 2 rings (SSSR count). The van der Waals surface area contributed by atoms with E-state index >= 15 is 0 Å². The Morgan fingerprint density at radius 1 is 1.11 bits per heavy atom. The third kappa shape index (κ3) is 3.32. The largest absolute Gasteiger partial charge is 0.313 e. The van der Waals surface area contributed by atoms with E-state index in [1.54, 1.807) is 0 Å². The predicted octanol–water partition coefficient (Wildman–Crippen LogP) is 5.04. The zero-order valence-corrected chi connectivity index (χ0v) is 13.3. The maximum atomic E-state index is 6.22. The Labute approximate surface area is 122 Å². The summed E-state index contributed by atoms with van der Waals surface area (Å²) in [4.78, 5) is 0. The van der Waals surface area contributed by atoms with E-state index < -0.39 is 0 Å². The van der Waals surface area contributed by atoms with Gasteiger partial charge in [0.05, 0.1) is 0 Å². The van der Waals surface area contributed by atoms with Gasteiger partial charge in [-0.15, -0.1) is 0 Å². The maximum absolute atomic E-state index is 6.22. The Kier molecular flexibility index (Phi) is 4.92. The van der Waals surface area contributed by atoms with Crippen LogP contribution in [-0.2, 0) is 0 Å². The van der Waals surface area contributed by atoms with Crippen LogP contribution in [0.3, 0.4) is 0 Å². The third-order valence-electron chi connectivity index (χ3n) is 4.73. The summed E-state index contributed by atoms with van der Waals surface area (Å²) >= 11 is 6.22. The normalized spacial score (nSPS) is 25.3.